The number of carbonyl (C=O) groups excluding carboxylic acids is 1. The van der Waals surface area contributed by atoms with Crippen LogP contribution < -0.4 is 10.6 Å². The maximum absolute atomic E-state index is 11.7. The Labute approximate surface area is 98.6 Å². The summed E-state index contributed by atoms with van der Waals surface area (Å²) in [5.74, 6) is 0.227. The molecule has 1 heterocycles. The molecule has 1 atom stereocenters. The molecule has 0 radical (unpaired) electrons. The summed E-state index contributed by atoms with van der Waals surface area (Å²) in [6.07, 6.45) is 0.472. The Morgan fingerprint density at radius 2 is 2.31 bits per heavy atom. The Morgan fingerprint density at radius 3 is 2.88 bits per heavy atom. The van der Waals surface area contributed by atoms with Gasteiger partial charge in [0.05, 0.1) is 5.02 Å². The monoisotopic (exact) mass is 240 g/mol. The number of aromatic hydroxyl groups is 1. The molecule has 1 saturated heterocycles. The minimum Gasteiger partial charge on any atom is -0.506 e. The van der Waals surface area contributed by atoms with Crippen molar-refractivity contribution in [1.82, 2.24) is 0 Å². The van der Waals surface area contributed by atoms with Gasteiger partial charge in [-0.1, -0.05) is 11.6 Å². The van der Waals surface area contributed by atoms with Crippen LogP contribution in [0, 0.1) is 5.92 Å². The van der Waals surface area contributed by atoms with Gasteiger partial charge in [0.25, 0.3) is 0 Å². The summed E-state index contributed by atoms with van der Waals surface area (Å²) < 4.78 is 0. The molecule has 0 aromatic heterocycles. The number of hydrogen-bond acceptors (Lipinski definition) is 3. The van der Waals surface area contributed by atoms with Gasteiger partial charge in [0.1, 0.15) is 5.75 Å². The van der Waals surface area contributed by atoms with Crippen molar-refractivity contribution < 1.29 is 9.90 Å². The van der Waals surface area contributed by atoms with Gasteiger partial charge in [0.2, 0.25) is 5.91 Å². The van der Waals surface area contributed by atoms with Crippen molar-refractivity contribution in [3.8, 4) is 5.75 Å². The van der Waals surface area contributed by atoms with Crippen LogP contribution in [0.5, 0.6) is 5.75 Å². The summed E-state index contributed by atoms with van der Waals surface area (Å²) in [6, 6.07) is 4.80. The number of carbonyl (C=O) groups is 1. The standard InChI is InChI=1S/C11H13ClN2O2/c12-9-2-1-8(4-10(9)15)14-6-7(5-13)3-11(14)16/h1-2,4,7,15H,3,5-6,13H2. The number of phenolic OH excluding ortho intramolecular Hbond substituents is 1. The van der Waals surface area contributed by atoms with E-state index >= 15 is 0 Å². The summed E-state index contributed by atoms with van der Waals surface area (Å²) in [6.45, 7) is 1.11. The number of phenols is 1. The first-order chi connectivity index (χ1) is 7.61. The van der Waals surface area contributed by atoms with Crippen LogP contribution in [0.1, 0.15) is 6.42 Å². The highest BCUT2D eigenvalue weighted by Crippen LogP contribution is 2.31. The van der Waals surface area contributed by atoms with E-state index in [1.54, 1.807) is 17.0 Å². The van der Waals surface area contributed by atoms with Gasteiger partial charge >= 0.3 is 0 Å². The van der Waals surface area contributed by atoms with Crippen LogP contribution in [-0.4, -0.2) is 24.1 Å². The second kappa shape index (κ2) is 4.31. The second-order valence-electron chi connectivity index (χ2n) is 3.95. The average molecular weight is 241 g/mol. The number of benzene rings is 1. The molecule has 1 unspecified atom stereocenters. The van der Waals surface area contributed by atoms with Gasteiger partial charge < -0.3 is 15.7 Å². The largest absolute Gasteiger partial charge is 0.506 e. The van der Waals surface area contributed by atoms with Crippen LogP contribution in [0.3, 0.4) is 0 Å². The Hall–Kier alpha value is -1.26. The summed E-state index contributed by atoms with van der Waals surface area (Å²) in [5, 5.41) is 9.76. The van der Waals surface area contributed by atoms with Gasteiger partial charge in [-0.05, 0) is 24.6 Å². The molecular formula is C11H13ClN2O2. The average Bonchev–Trinajstić information content (AvgIpc) is 2.64. The van der Waals surface area contributed by atoms with Crippen molar-refractivity contribution in [2.45, 2.75) is 6.42 Å². The van der Waals surface area contributed by atoms with E-state index in [0.29, 0.717) is 25.2 Å². The van der Waals surface area contributed by atoms with Crippen LogP contribution in [0.4, 0.5) is 5.69 Å². The lowest BCUT2D eigenvalue weighted by Gasteiger charge is -2.16. The lowest BCUT2D eigenvalue weighted by atomic mass is 10.1. The zero-order valence-corrected chi connectivity index (χ0v) is 9.44. The SMILES string of the molecule is NCC1CC(=O)N(c2ccc(Cl)c(O)c2)C1. The fourth-order valence-electron chi connectivity index (χ4n) is 1.86. The molecule has 0 saturated carbocycles. The first-order valence-electron chi connectivity index (χ1n) is 5.10. The van der Waals surface area contributed by atoms with Gasteiger partial charge in [-0.3, -0.25) is 4.79 Å². The Balaban J connectivity index is 2.24. The molecule has 1 amide bonds. The topological polar surface area (TPSA) is 66.6 Å². The number of nitrogens with two attached hydrogens (primary N) is 1. The first kappa shape index (κ1) is 11.2. The molecule has 1 aromatic rings. The van der Waals surface area contributed by atoms with Crippen LogP contribution in [0.2, 0.25) is 5.02 Å². The molecule has 86 valence electrons. The van der Waals surface area contributed by atoms with Gasteiger partial charge in [-0.25, -0.2) is 0 Å². The quantitative estimate of drug-likeness (QED) is 0.820. The van der Waals surface area contributed by atoms with E-state index in [0.717, 1.165) is 0 Å². The number of halogens is 1. The summed E-state index contributed by atoms with van der Waals surface area (Å²) in [7, 11) is 0. The molecule has 4 nitrogen and oxygen atoms in total. The van der Waals surface area contributed by atoms with Gasteiger partial charge in [-0.15, -0.1) is 0 Å². The summed E-state index contributed by atoms with van der Waals surface area (Å²) in [5.41, 5.74) is 6.21. The highest BCUT2D eigenvalue weighted by molar-refractivity contribution is 6.32. The fraction of sp³-hybridized carbons (Fsp3) is 0.364. The minimum absolute atomic E-state index is 0.0110. The Bertz CT molecular complexity index is 422. The summed E-state index contributed by atoms with van der Waals surface area (Å²) in [4.78, 5) is 13.3. The molecule has 0 aliphatic carbocycles. The lowest BCUT2D eigenvalue weighted by molar-refractivity contribution is -0.117. The van der Waals surface area contributed by atoms with Crippen LogP contribution in [0.15, 0.2) is 18.2 Å². The zero-order chi connectivity index (χ0) is 11.7. The van der Waals surface area contributed by atoms with Crippen molar-refractivity contribution in [1.29, 1.82) is 0 Å². The summed E-state index contributed by atoms with van der Waals surface area (Å²) >= 11 is 5.71. The van der Waals surface area contributed by atoms with Gasteiger partial charge in [0, 0.05) is 24.7 Å². The molecule has 5 heteroatoms. The lowest BCUT2D eigenvalue weighted by Crippen LogP contribution is -2.25. The zero-order valence-electron chi connectivity index (χ0n) is 8.69. The fourth-order valence-corrected chi connectivity index (χ4v) is 1.98. The predicted molar refractivity (Wildman–Crippen MR) is 62.6 cm³/mol. The number of rotatable bonds is 2. The molecule has 16 heavy (non-hydrogen) atoms. The van der Waals surface area contributed by atoms with Crippen molar-refractivity contribution in [3.05, 3.63) is 23.2 Å². The van der Waals surface area contributed by atoms with Crippen LogP contribution in [0.25, 0.3) is 0 Å². The highest BCUT2D eigenvalue weighted by Gasteiger charge is 2.29. The number of hydrogen-bond donors (Lipinski definition) is 2. The molecule has 0 spiro atoms. The van der Waals surface area contributed by atoms with E-state index in [1.807, 2.05) is 0 Å². The maximum atomic E-state index is 11.7. The van der Waals surface area contributed by atoms with Crippen LogP contribution in [-0.2, 0) is 4.79 Å². The maximum Gasteiger partial charge on any atom is 0.227 e. The minimum atomic E-state index is -0.0110. The smallest absolute Gasteiger partial charge is 0.227 e. The van der Waals surface area contributed by atoms with E-state index in [9.17, 15) is 9.90 Å². The number of anilines is 1. The molecule has 1 aliphatic rings. The Morgan fingerprint density at radius 1 is 1.56 bits per heavy atom. The molecule has 0 bridgehead atoms. The number of nitrogens with zero attached hydrogens (tertiary/aromatic N) is 1. The number of amides is 1. The molecule has 1 aromatic carbocycles. The van der Waals surface area contributed by atoms with Crippen LogP contribution >= 0.6 is 11.6 Å². The van der Waals surface area contributed by atoms with Crippen molar-refractivity contribution in [2.75, 3.05) is 18.0 Å². The van der Waals surface area contributed by atoms with Crippen molar-refractivity contribution in [2.24, 2.45) is 11.7 Å². The predicted octanol–water partition coefficient (Wildman–Crippen LogP) is 1.36. The van der Waals surface area contributed by atoms with Crippen molar-refractivity contribution >= 4 is 23.2 Å². The highest BCUT2D eigenvalue weighted by atomic mass is 35.5. The second-order valence-corrected chi connectivity index (χ2v) is 4.35. The third-order valence-corrected chi connectivity index (χ3v) is 3.10. The molecule has 3 N–H and O–H groups in total. The van der Waals surface area contributed by atoms with E-state index in [1.165, 1.54) is 6.07 Å². The van der Waals surface area contributed by atoms with E-state index in [4.69, 9.17) is 17.3 Å². The van der Waals surface area contributed by atoms with Crippen molar-refractivity contribution in [3.63, 3.8) is 0 Å². The molecular weight excluding hydrogens is 228 g/mol. The first-order valence-corrected chi connectivity index (χ1v) is 5.48. The molecule has 2 rings (SSSR count). The normalized spacial score (nSPS) is 20.5. The third-order valence-electron chi connectivity index (χ3n) is 2.78. The van der Waals surface area contributed by atoms with Gasteiger partial charge in [-0.2, -0.15) is 0 Å². The van der Waals surface area contributed by atoms with Gasteiger partial charge in [0.15, 0.2) is 0 Å². The molecule has 1 fully saturated rings. The Kier molecular flexibility index (Phi) is 3.03. The van der Waals surface area contributed by atoms with E-state index in [-0.39, 0.29) is 22.6 Å². The van der Waals surface area contributed by atoms with E-state index < -0.39 is 0 Å². The van der Waals surface area contributed by atoms with E-state index in [2.05, 4.69) is 0 Å². The molecule has 1 aliphatic heterocycles. The third kappa shape index (κ3) is 1.99.